The number of rotatable bonds is 2. The molecule has 1 aromatic rings. The van der Waals surface area contributed by atoms with Crippen LogP contribution in [0.1, 0.15) is 50.2 Å². The summed E-state index contributed by atoms with van der Waals surface area (Å²) in [5.41, 5.74) is 1.13. The number of hydrogen-bond acceptors (Lipinski definition) is 2. The summed E-state index contributed by atoms with van der Waals surface area (Å²) in [5.74, 6) is 2.89. The van der Waals surface area contributed by atoms with Gasteiger partial charge in [0.2, 0.25) is 5.91 Å². The monoisotopic (exact) mass is 403 g/mol. The highest BCUT2D eigenvalue weighted by atomic mass is 79.9. The predicted molar refractivity (Wildman–Crippen MR) is 100 cm³/mol. The smallest absolute Gasteiger partial charge is 0.228 e. The number of benzene rings is 1. The number of carbonyl (C=O) groups excluding carboxylic acids is 1. The van der Waals surface area contributed by atoms with Crippen LogP contribution in [-0.4, -0.2) is 30.5 Å². The minimum absolute atomic E-state index is 0.00381. The van der Waals surface area contributed by atoms with Crippen molar-refractivity contribution in [3.8, 4) is 0 Å². The number of carbonyl (C=O) groups is 1. The minimum Gasteiger partial charge on any atom is -0.370 e. The Hall–Kier alpha value is -0.870. The van der Waals surface area contributed by atoms with Crippen LogP contribution in [0.4, 0.5) is 0 Å². The molecule has 4 aliphatic carbocycles. The van der Waals surface area contributed by atoms with Gasteiger partial charge in [-0.25, -0.2) is 0 Å². The Morgan fingerprint density at radius 3 is 2.44 bits per heavy atom. The first-order valence-corrected chi connectivity index (χ1v) is 10.6. The average Bonchev–Trinajstić information content (AvgIpc) is 2.60. The Kier molecular flexibility index (Phi) is 3.97. The van der Waals surface area contributed by atoms with E-state index in [2.05, 4.69) is 33.0 Å². The lowest BCUT2D eigenvalue weighted by Crippen LogP contribution is -2.56. The van der Waals surface area contributed by atoms with Crippen LogP contribution < -0.4 is 0 Å². The third kappa shape index (κ3) is 2.86. The van der Waals surface area contributed by atoms with Crippen molar-refractivity contribution in [3.63, 3.8) is 0 Å². The molecule has 6 rings (SSSR count). The summed E-state index contributed by atoms with van der Waals surface area (Å²) < 4.78 is 7.07. The van der Waals surface area contributed by atoms with Crippen LogP contribution in [-0.2, 0) is 9.53 Å². The van der Waals surface area contributed by atoms with Crippen molar-refractivity contribution in [3.05, 3.63) is 34.3 Å². The van der Waals surface area contributed by atoms with E-state index < -0.39 is 0 Å². The molecule has 3 nitrogen and oxygen atoms in total. The van der Waals surface area contributed by atoms with E-state index in [-0.39, 0.29) is 11.5 Å². The van der Waals surface area contributed by atoms with Gasteiger partial charge in [0.25, 0.3) is 0 Å². The van der Waals surface area contributed by atoms with Crippen molar-refractivity contribution in [1.29, 1.82) is 0 Å². The molecule has 5 aliphatic rings. The summed E-state index contributed by atoms with van der Waals surface area (Å²) in [6, 6.07) is 8.30. The fourth-order valence-corrected chi connectivity index (χ4v) is 6.87. The van der Waals surface area contributed by atoms with Gasteiger partial charge in [-0.1, -0.05) is 28.1 Å². The molecule has 0 aromatic heterocycles. The van der Waals surface area contributed by atoms with E-state index in [0.29, 0.717) is 19.1 Å². The summed E-state index contributed by atoms with van der Waals surface area (Å²) in [6.07, 6.45) is 7.61. The Morgan fingerprint density at radius 2 is 1.80 bits per heavy atom. The van der Waals surface area contributed by atoms with Crippen molar-refractivity contribution in [2.45, 2.75) is 44.6 Å². The van der Waals surface area contributed by atoms with Crippen molar-refractivity contribution in [2.75, 3.05) is 19.7 Å². The van der Waals surface area contributed by atoms with E-state index in [0.717, 1.165) is 53.6 Å². The highest BCUT2D eigenvalue weighted by Gasteiger charge is 2.55. The number of nitrogens with zero attached hydrogens (tertiary/aromatic N) is 1. The predicted octanol–water partition coefficient (Wildman–Crippen LogP) is 4.57. The van der Waals surface area contributed by atoms with Crippen LogP contribution in [0, 0.1) is 23.2 Å². The standard InChI is InChI=1S/C21H26BrNO2/c22-18-3-1-2-17(9-18)19-13-23(4-5-25-19)20(24)21-10-14-6-15(11-21)8-16(7-14)12-21/h1-3,9,14-16,19H,4-8,10-13H2. The Labute approximate surface area is 158 Å². The van der Waals surface area contributed by atoms with E-state index >= 15 is 0 Å². The first-order valence-electron chi connectivity index (χ1n) is 9.78. The molecule has 1 aliphatic heterocycles. The molecule has 1 atom stereocenters. The number of halogens is 1. The third-order valence-corrected chi connectivity index (χ3v) is 7.56. The van der Waals surface area contributed by atoms with E-state index in [1.165, 1.54) is 19.3 Å². The summed E-state index contributed by atoms with van der Waals surface area (Å²) in [6.45, 7) is 2.11. The van der Waals surface area contributed by atoms with Crippen molar-refractivity contribution >= 4 is 21.8 Å². The largest absolute Gasteiger partial charge is 0.370 e. The van der Waals surface area contributed by atoms with Crippen LogP contribution >= 0.6 is 15.9 Å². The molecule has 0 radical (unpaired) electrons. The molecule has 1 amide bonds. The van der Waals surface area contributed by atoms with E-state index in [1.807, 2.05) is 12.1 Å². The van der Waals surface area contributed by atoms with Gasteiger partial charge in [-0.05, 0) is 74.0 Å². The summed E-state index contributed by atoms with van der Waals surface area (Å²) >= 11 is 3.54. The van der Waals surface area contributed by atoms with Crippen LogP contribution in [0.3, 0.4) is 0 Å². The second-order valence-electron chi connectivity index (χ2n) is 8.86. The lowest BCUT2D eigenvalue weighted by Gasteiger charge is -2.57. The highest BCUT2D eigenvalue weighted by molar-refractivity contribution is 9.10. The molecule has 4 saturated carbocycles. The maximum atomic E-state index is 13.6. The number of morpholine rings is 1. The normalized spacial score (nSPS) is 39.6. The van der Waals surface area contributed by atoms with Gasteiger partial charge in [0.05, 0.1) is 18.6 Å². The highest BCUT2D eigenvalue weighted by Crippen LogP contribution is 2.60. The molecule has 25 heavy (non-hydrogen) atoms. The van der Waals surface area contributed by atoms with Crippen LogP contribution in [0.2, 0.25) is 0 Å². The van der Waals surface area contributed by atoms with E-state index in [9.17, 15) is 4.79 Å². The van der Waals surface area contributed by atoms with Crippen LogP contribution in [0.15, 0.2) is 28.7 Å². The summed E-state index contributed by atoms with van der Waals surface area (Å²) in [4.78, 5) is 15.7. The zero-order valence-corrected chi connectivity index (χ0v) is 16.2. The van der Waals surface area contributed by atoms with Crippen molar-refractivity contribution < 1.29 is 9.53 Å². The van der Waals surface area contributed by atoms with Gasteiger partial charge >= 0.3 is 0 Å². The summed E-state index contributed by atoms with van der Waals surface area (Å²) in [7, 11) is 0. The molecular formula is C21H26BrNO2. The van der Waals surface area contributed by atoms with Gasteiger partial charge < -0.3 is 9.64 Å². The Morgan fingerprint density at radius 1 is 1.12 bits per heavy atom. The van der Waals surface area contributed by atoms with Gasteiger partial charge in [-0.2, -0.15) is 0 Å². The quantitative estimate of drug-likeness (QED) is 0.723. The molecule has 1 heterocycles. The molecule has 0 spiro atoms. The van der Waals surface area contributed by atoms with Gasteiger partial charge in [-0.15, -0.1) is 0 Å². The first kappa shape index (κ1) is 16.3. The minimum atomic E-state index is -0.0338. The zero-order valence-electron chi connectivity index (χ0n) is 14.6. The lowest BCUT2D eigenvalue weighted by atomic mass is 9.49. The second kappa shape index (κ2) is 6.09. The van der Waals surface area contributed by atoms with E-state index in [1.54, 1.807) is 0 Å². The maximum Gasteiger partial charge on any atom is 0.228 e. The topological polar surface area (TPSA) is 29.5 Å². The van der Waals surface area contributed by atoms with Gasteiger partial charge in [-0.3, -0.25) is 4.79 Å². The third-order valence-electron chi connectivity index (χ3n) is 7.07. The second-order valence-corrected chi connectivity index (χ2v) is 9.78. The molecule has 1 aromatic carbocycles. The van der Waals surface area contributed by atoms with Crippen molar-refractivity contribution in [1.82, 2.24) is 4.90 Å². The molecule has 134 valence electrons. The van der Waals surface area contributed by atoms with Gasteiger partial charge in [0, 0.05) is 11.0 Å². The Bertz CT molecular complexity index is 653. The lowest BCUT2D eigenvalue weighted by molar-refractivity contribution is -0.164. The zero-order chi connectivity index (χ0) is 17.0. The Balaban J connectivity index is 1.35. The summed E-state index contributed by atoms with van der Waals surface area (Å²) in [5, 5.41) is 0. The number of ether oxygens (including phenoxy) is 1. The molecular weight excluding hydrogens is 378 g/mol. The number of amides is 1. The molecule has 4 bridgehead atoms. The number of hydrogen-bond donors (Lipinski definition) is 0. The maximum absolute atomic E-state index is 13.6. The van der Waals surface area contributed by atoms with Crippen LogP contribution in [0.25, 0.3) is 0 Å². The molecule has 4 heteroatoms. The fourth-order valence-electron chi connectivity index (χ4n) is 6.45. The molecule has 5 fully saturated rings. The average molecular weight is 404 g/mol. The van der Waals surface area contributed by atoms with Gasteiger partial charge in [0.15, 0.2) is 0 Å². The first-order chi connectivity index (χ1) is 12.1. The van der Waals surface area contributed by atoms with E-state index in [4.69, 9.17) is 4.74 Å². The van der Waals surface area contributed by atoms with Gasteiger partial charge in [0.1, 0.15) is 6.10 Å². The van der Waals surface area contributed by atoms with Crippen molar-refractivity contribution in [2.24, 2.45) is 23.2 Å². The van der Waals surface area contributed by atoms with Crippen LogP contribution in [0.5, 0.6) is 0 Å². The SMILES string of the molecule is O=C(N1CCOC(c2cccc(Br)c2)C1)C12CC3CC(CC(C3)C1)C2. The fraction of sp³-hybridized carbons (Fsp3) is 0.667. The molecule has 1 saturated heterocycles. The molecule has 0 N–H and O–H groups in total. The molecule has 1 unspecified atom stereocenters.